The number of alkyl halides is 3. The number of rotatable bonds is 3. The third-order valence-electron chi connectivity index (χ3n) is 3.84. The summed E-state index contributed by atoms with van der Waals surface area (Å²) in [6, 6.07) is 7.40. The molecule has 1 saturated heterocycles. The topological polar surface area (TPSA) is 49.4 Å². The van der Waals surface area contributed by atoms with Gasteiger partial charge in [0, 0.05) is 19.1 Å². The number of hydrogen-bond donors (Lipinski definition) is 1. The molecule has 0 unspecified atom stereocenters. The van der Waals surface area contributed by atoms with E-state index in [2.05, 4.69) is 5.32 Å². The first kappa shape index (κ1) is 17.3. The van der Waals surface area contributed by atoms with Crippen LogP contribution in [0.25, 0.3) is 0 Å². The molecule has 2 amide bonds. The van der Waals surface area contributed by atoms with Crippen molar-refractivity contribution in [2.75, 3.05) is 13.1 Å². The number of nitrogens with one attached hydrogen (secondary N) is 1. The highest BCUT2D eigenvalue weighted by Crippen LogP contribution is 2.21. The predicted molar refractivity (Wildman–Crippen MR) is 78.7 cm³/mol. The summed E-state index contributed by atoms with van der Waals surface area (Å²) in [5.74, 6) is -1.96. The van der Waals surface area contributed by atoms with Crippen LogP contribution >= 0.6 is 0 Å². The highest BCUT2D eigenvalue weighted by atomic mass is 19.4. The molecule has 2 rings (SSSR count). The molecule has 126 valence electrons. The Kier molecular flexibility index (Phi) is 5.28. The molecule has 0 saturated carbocycles. The van der Waals surface area contributed by atoms with Crippen LogP contribution in [-0.2, 0) is 16.0 Å². The first-order valence-electron chi connectivity index (χ1n) is 7.46. The third kappa shape index (κ3) is 4.97. The maximum Gasteiger partial charge on any atom is 0.471 e. The number of carbonyl (C=O) groups excluding carboxylic acids is 2. The van der Waals surface area contributed by atoms with Gasteiger partial charge in [-0.2, -0.15) is 13.2 Å². The van der Waals surface area contributed by atoms with E-state index in [1.54, 1.807) is 0 Å². The van der Waals surface area contributed by atoms with Crippen LogP contribution in [0.4, 0.5) is 13.2 Å². The van der Waals surface area contributed by atoms with Crippen molar-refractivity contribution in [1.29, 1.82) is 0 Å². The van der Waals surface area contributed by atoms with Crippen molar-refractivity contribution >= 4 is 11.8 Å². The average Bonchev–Trinajstić information content (AvgIpc) is 2.46. The van der Waals surface area contributed by atoms with Crippen LogP contribution in [0.5, 0.6) is 0 Å². The number of likely N-dealkylation sites (tertiary alicyclic amines) is 1. The van der Waals surface area contributed by atoms with E-state index in [1.165, 1.54) is 0 Å². The van der Waals surface area contributed by atoms with Crippen LogP contribution in [0.15, 0.2) is 24.3 Å². The van der Waals surface area contributed by atoms with E-state index in [9.17, 15) is 22.8 Å². The van der Waals surface area contributed by atoms with Crippen molar-refractivity contribution in [2.24, 2.45) is 0 Å². The van der Waals surface area contributed by atoms with Gasteiger partial charge in [-0.25, -0.2) is 0 Å². The van der Waals surface area contributed by atoms with Crippen LogP contribution < -0.4 is 5.32 Å². The Hall–Kier alpha value is -2.05. The molecule has 1 fully saturated rings. The number of benzene rings is 1. The van der Waals surface area contributed by atoms with E-state index in [0.29, 0.717) is 12.8 Å². The Labute approximate surface area is 132 Å². The number of hydrogen-bond acceptors (Lipinski definition) is 2. The quantitative estimate of drug-likeness (QED) is 0.925. The molecule has 0 radical (unpaired) electrons. The van der Waals surface area contributed by atoms with Gasteiger partial charge in [0.2, 0.25) is 5.91 Å². The van der Waals surface area contributed by atoms with E-state index >= 15 is 0 Å². The van der Waals surface area contributed by atoms with Gasteiger partial charge in [0.25, 0.3) is 0 Å². The summed E-state index contributed by atoms with van der Waals surface area (Å²) >= 11 is 0. The maximum atomic E-state index is 12.4. The molecule has 1 aliphatic rings. The molecule has 0 aromatic heterocycles. The lowest BCUT2D eigenvalue weighted by Crippen LogP contribution is -2.50. The van der Waals surface area contributed by atoms with Gasteiger partial charge in [-0.05, 0) is 25.3 Å². The first-order chi connectivity index (χ1) is 10.8. The fourth-order valence-electron chi connectivity index (χ4n) is 2.69. The lowest BCUT2D eigenvalue weighted by atomic mass is 10.0. The third-order valence-corrected chi connectivity index (χ3v) is 3.84. The minimum atomic E-state index is -4.83. The van der Waals surface area contributed by atoms with Crippen LogP contribution in [-0.4, -0.2) is 42.0 Å². The summed E-state index contributed by atoms with van der Waals surface area (Å²) in [5, 5.41) is 2.83. The number of nitrogens with zero attached hydrogens (tertiary/aromatic N) is 1. The van der Waals surface area contributed by atoms with Crippen LogP contribution in [0.2, 0.25) is 0 Å². The maximum absolute atomic E-state index is 12.4. The molecule has 4 nitrogen and oxygen atoms in total. The Morgan fingerprint density at radius 1 is 1.26 bits per heavy atom. The molecule has 7 heteroatoms. The molecule has 1 heterocycles. The Morgan fingerprint density at radius 2 is 1.91 bits per heavy atom. The number of piperidine rings is 1. The van der Waals surface area contributed by atoms with Crippen LogP contribution in [0, 0.1) is 6.92 Å². The predicted octanol–water partition coefficient (Wildman–Crippen LogP) is 2.21. The van der Waals surface area contributed by atoms with Gasteiger partial charge < -0.3 is 10.2 Å². The summed E-state index contributed by atoms with van der Waals surface area (Å²) in [5.41, 5.74) is 1.96. The lowest BCUT2D eigenvalue weighted by molar-refractivity contribution is -0.186. The van der Waals surface area contributed by atoms with Gasteiger partial charge in [-0.1, -0.05) is 29.8 Å². The van der Waals surface area contributed by atoms with Gasteiger partial charge in [-0.3, -0.25) is 9.59 Å². The smallest absolute Gasteiger partial charge is 0.353 e. The fraction of sp³-hybridized carbons (Fsp3) is 0.500. The number of carbonyl (C=O) groups is 2. The van der Waals surface area contributed by atoms with Crippen molar-refractivity contribution in [3.05, 3.63) is 35.4 Å². The zero-order valence-corrected chi connectivity index (χ0v) is 12.8. The molecular formula is C16H19F3N2O2. The summed E-state index contributed by atoms with van der Waals surface area (Å²) in [4.78, 5) is 23.9. The summed E-state index contributed by atoms with van der Waals surface area (Å²) < 4.78 is 37.1. The Bertz CT molecular complexity index is 579. The van der Waals surface area contributed by atoms with Crippen molar-refractivity contribution in [3.8, 4) is 0 Å². The SMILES string of the molecule is Cc1cccc(CC(=O)NC2CCN(C(=O)C(F)(F)F)CC2)c1. The molecule has 0 bridgehead atoms. The summed E-state index contributed by atoms with van der Waals surface area (Å²) in [6.45, 7) is 1.95. The van der Waals surface area contributed by atoms with Gasteiger partial charge in [0.1, 0.15) is 0 Å². The van der Waals surface area contributed by atoms with Crippen LogP contribution in [0.1, 0.15) is 24.0 Å². The number of aryl methyl sites for hydroxylation is 1. The summed E-state index contributed by atoms with van der Waals surface area (Å²) in [7, 11) is 0. The monoisotopic (exact) mass is 328 g/mol. The first-order valence-corrected chi connectivity index (χ1v) is 7.46. The summed E-state index contributed by atoms with van der Waals surface area (Å²) in [6.07, 6.45) is -3.92. The van der Waals surface area contributed by atoms with Gasteiger partial charge in [-0.15, -0.1) is 0 Å². The second-order valence-corrected chi connectivity index (χ2v) is 5.80. The molecule has 1 N–H and O–H groups in total. The van der Waals surface area contributed by atoms with Gasteiger partial charge >= 0.3 is 12.1 Å². The van der Waals surface area contributed by atoms with E-state index < -0.39 is 12.1 Å². The minimum absolute atomic E-state index is 0.00767. The van der Waals surface area contributed by atoms with Crippen molar-refractivity contribution in [1.82, 2.24) is 10.2 Å². The molecule has 1 aromatic rings. The van der Waals surface area contributed by atoms with Crippen molar-refractivity contribution < 1.29 is 22.8 Å². The standard InChI is InChI=1S/C16H19F3N2O2/c1-11-3-2-4-12(9-11)10-14(22)20-13-5-7-21(8-6-13)15(23)16(17,18)19/h2-4,9,13H,5-8,10H2,1H3,(H,20,22). The van der Waals surface area contributed by atoms with Gasteiger partial charge in [0.05, 0.1) is 6.42 Å². The molecule has 1 aliphatic heterocycles. The second-order valence-electron chi connectivity index (χ2n) is 5.80. The largest absolute Gasteiger partial charge is 0.471 e. The normalized spacial score (nSPS) is 16.3. The number of halogens is 3. The van der Waals surface area contributed by atoms with E-state index in [1.807, 2.05) is 31.2 Å². The molecule has 0 atom stereocenters. The van der Waals surface area contributed by atoms with Crippen LogP contribution in [0.3, 0.4) is 0 Å². The molecule has 1 aromatic carbocycles. The van der Waals surface area contributed by atoms with Crippen molar-refractivity contribution in [3.63, 3.8) is 0 Å². The minimum Gasteiger partial charge on any atom is -0.353 e. The molecule has 23 heavy (non-hydrogen) atoms. The Balaban J connectivity index is 1.80. The van der Waals surface area contributed by atoms with E-state index in [4.69, 9.17) is 0 Å². The average molecular weight is 328 g/mol. The zero-order chi connectivity index (χ0) is 17.0. The zero-order valence-electron chi connectivity index (χ0n) is 12.8. The van der Waals surface area contributed by atoms with E-state index in [0.717, 1.165) is 16.0 Å². The fourth-order valence-corrected chi connectivity index (χ4v) is 2.69. The highest BCUT2D eigenvalue weighted by Gasteiger charge is 2.43. The number of amides is 2. The molecular weight excluding hydrogens is 309 g/mol. The molecule has 0 aliphatic carbocycles. The highest BCUT2D eigenvalue weighted by molar-refractivity contribution is 5.82. The lowest BCUT2D eigenvalue weighted by Gasteiger charge is -2.32. The second kappa shape index (κ2) is 7.02. The van der Waals surface area contributed by atoms with E-state index in [-0.39, 0.29) is 31.5 Å². The van der Waals surface area contributed by atoms with Gasteiger partial charge in [0.15, 0.2) is 0 Å². The van der Waals surface area contributed by atoms with Crippen molar-refractivity contribution in [2.45, 2.75) is 38.4 Å². The molecule has 0 spiro atoms. The Morgan fingerprint density at radius 3 is 2.48 bits per heavy atom.